The molecule has 13 heteroatoms. The van der Waals surface area contributed by atoms with Crippen LogP contribution in [0.2, 0.25) is 0 Å². The second-order valence-electron chi connectivity index (χ2n) is 12.9. The maximum absolute atomic E-state index is 12.3. The molecule has 1 atom stereocenters. The number of ether oxygens (including phenoxy) is 1. The molecule has 1 unspecified atom stereocenters. The monoisotopic (exact) mass is 669 g/mol. The van der Waals surface area contributed by atoms with Crippen molar-refractivity contribution in [3.05, 3.63) is 77.9 Å². The van der Waals surface area contributed by atoms with Crippen molar-refractivity contribution in [2.75, 3.05) is 49.1 Å². The van der Waals surface area contributed by atoms with Crippen LogP contribution in [0.5, 0.6) is 11.5 Å². The van der Waals surface area contributed by atoms with E-state index in [1.165, 1.54) is 19.3 Å². The minimum atomic E-state index is -0.302. The quantitative estimate of drug-likeness (QED) is 0.167. The number of para-hydroxylation sites is 2. The summed E-state index contributed by atoms with van der Waals surface area (Å²) < 4.78 is 7.98. The fraction of sp³-hybridized carbons (Fsp3) is 0.417. The van der Waals surface area contributed by atoms with E-state index in [2.05, 4.69) is 31.6 Å². The summed E-state index contributed by atoms with van der Waals surface area (Å²) in [7, 11) is 0. The molecule has 2 aromatic carbocycles. The Morgan fingerprint density at radius 1 is 0.939 bits per heavy atom. The molecule has 1 aromatic heterocycles. The topological polar surface area (TPSA) is 190 Å². The molecule has 0 radical (unpaired) electrons. The van der Waals surface area contributed by atoms with Gasteiger partial charge in [0, 0.05) is 61.2 Å². The van der Waals surface area contributed by atoms with Crippen molar-refractivity contribution in [3.8, 4) is 11.5 Å². The van der Waals surface area contributed by atoms with Gasteiger partial charge in [-0.3, -0.25) is 19.6 Å². The summed E-state index contributed by atoms with van der Waals surface area (Å²) in [6.07, 6.45) is 12.4. The molecule has 9 N–H and O–H groups in total. The third kappa shape index (κ3) is 7.78. The first kappa shape index (κ1) is 33.7. The number of phenols is 1. The van der Waals surface area contributed by atoms with Gasteiger partial charge in [-0.1, -0.05) is 37.5 Å². The molecule has 0 spiro atoms. The molecule has 2 amide bonds. The Hall–Kier alpha value is -5.17. The van der Waals surface area contributed by atoms with Crippen LogP contribution in [-0.4, -0.2) is 72.1 Å². The highest BCUT2D eigenvalue weighted by atomic mass is 16.5. The number of benzene rings is 2. The Balaban J connectivity index is 0.000000170. The molecule has 7 rings (SSSR count). The Morgan fingerprint density at radius 2 is 1.69 bits per heavy atom. The number of aromatic nitrogens is 2. The number of nitrogens with one attached hydrogen (secondary N) is 2. The number of carbonyl (C=O) groups is 2. The van der Waals surface area contributed by atoms with Crippen molar-refractivity contribution in [3.63, 3.8) is 0 Å². The van der Waals surface area contributed by atoms with Gasteiger partial charge in [0.15, 0.2) is 5.75 Å². The van der Waals surface area contributed by atoms with Gasteiger partial charge in [-0.05, 0) is 49.6 Å². The highest BCUT2D eigenvalue weighted by Crippen LogP contribution is 2.42. The molecule has 1 aliphatic carbocycles. The van der Waals surface area contributed by atoms with Gasteiger partial charge in [-0.2, -0.15) is 5.10 Å². The van der Waals surface area contributed by atoms with Gasteiger partial charge in [0.1, 0.15) is 24.2 Å². The largest absolute Gasteiger partial charge is 0.507 e. The summed E-state index contributed by atoms with van der Waals surface area (Å²) in [5.41, 5.74) is 22.3. The molecule has 49 heavy (non-hydrogen) atoms. The second kappa shape index (κ2) is 15.4. The molecular formula is C36H47N9O4. The molecule has 2 saturated heterocycles. The summed E-state index contributed by atoms with van der Waals surface area (Å²) in [6.45, 7) is 5.01. The molecule has 1 saturated carbocycles. The minimum Gasteiger partial charge on any atom is -0.507 e. The third-order valence-electron chi connectivity index (χ3n) is 9.59. The van der Waals surface area contributed by atoms with Crippen LogP contribution in [0, 0.1) is 0 Å². The number of piperidine rings is 1. The van der Waals surface area contributed by atoms with E-state index in [1.807, 2.05) is 29.1 Å². The predicted molar refractivity (Wildman–Crippen MR) is 190 cm³/mol. The van der Waals surface area contributed by atoms with Crippen molar-refractivity contribution in [2.45, 2.75) is 57.0 Å². The van der Waals surface area contributed by atoms with Crippen LogP contribution < -0.4 is 42.4 Å². The molecular weight excluding hydrogens is 622 g/mol. The second-order valence-corrected chi connectivity index (χ2v) is 12.9. The molecule has 13 nitrogen and oxygen atoms in total. The molecule has 4 heterocycles. The lowest BCUT2D eigenvalue weighted by atomic mass is 9.96. The summed E-state index contributed by atoms with van der Waals surface area (Å²) in [4.78, 5) is 28.1. The number of allylic oxidation sites excluding steroid dienone is 2. The summed E-state index contributed by atoms with van der Waals surface area (Å²) in [6, 6.07) is 13.1. The molecule has 3 fully saturated rings. The lowest BCUT2D eigenvalue weighted by Gasteiger charge is -2.40. The fourth-order valence-corrected chi connectivity index (χ4v) is 7.02. The number of anilines is 2. The average molecular weight is 670 g/mol. The number of phenolic OH excluding ortho intramolecular Hbond substituents is 1. The van der Waals surface area contributed by atoms with Crippen LogP contribution in [-0.2, 0) is 9.59 Å². The fourth-order valence-electron chi connectivity index (χ4n) is 7.02. The highest BCUT2D eigenvalue weighted by Gasteiger charge is 2.35. The summed E-state index contributed by atoms with van der Waals surface area (Å²) >= 11 is 0. The number of amides is 2. The van der Waals surface area contributed by atoms with Gasteiger partial charge in [0.2, 0.25) is 11.8 Å². The number of hydrogen-bond donors (Lipinski definition) is 6. The summed E-state index contributed by atoms with van der Waals surface area (Å²) in [5.74, 6) is 0.756. The SMILES string of the molecule is NC(N)=C(/C=C(\N)c1ccccc1O)c1cnn(C2CCCCC2)c1.O=C1CCC(N2CCOc3c(N4CCNCC4)cccc32)C(=O)N1. The van der Waals surface area contributed by atoms with Crippen LogP contribution in [0.1, 0.15) is 62.1 Å². The first-order chi connectivity index (χ1) is 23.8. The van der Waals surface area contributed by atoms with Crippen LogP contribution >= 0.6 is 0 Å². The zero-order chi connectivity index (χ0) is 34.3. The van der Waals surface area contributed by atoms with Crippen LogP contribution in [0.25, 0.3) is 11.3 Å². The van der Waals surface area contributed by atoms with Crippen LogP contribution in [0.3, 0.4) is 0 Å². The minimum absolute atomic E-state index is 0.115. The van der Waals surface area contributed by atoms with Gasteiger partial charge in [-0.25, -0.2) is 0 Å². The van der Waals surface area contributed by atoms with E-state index in [0.717, 1.165) is 61.7 Å². The van der Waals surface area contributed by atoms with Crippen molar-refractivity contribution in [1.82, 2.24) is 20.4 Å². The number of aromatic hydroxyl groups is 1. The molecule has 3 aromatic rings. The maximum Gasteiger partial charge on any atom is 0.249 e. The Labute approximate surface area is 286 Å². The molecule has 4 aliphatic rings. The Kier molecular flexibility index (Phi) is 10.6. The maximum atomic E-state index is 12.3. The molecule has 260 valence electrons. The predicted octanol–water partition coefficient (Wildman–Crippen LogP) is 2.78. The zero-order valence-electron chi connectivity index (χ0n) is 27.8. The van der Waals surface area contributed by atoms with E-state index >= 15 is 0 Å². The van der Waals surface area contributed by atoms with E-state index in [4.69, 9.17) is 21.9 Å². The number of hydrogen-bond acceptors (Lipinski definition) is 11. The van der Waals surface area contributed by atoms with Crippen molar-refractivity contribution >= 4 is 34.5 Å². The van der Waals surface area contributed by atoms with Gasteiger partial charge in [0.05, 0.1) is 30.2 Å². The number of piperazine rings is 1. The standard InChI is InChI=1S/C19H25N5O.C17H22N4O3/c20-17(15-8-4-5-9-18(15)25)10-16(19(21)22)13-11-23-24(12-13)14-6-2-1-3-7-14;22-15-5-4-14(17(23)19-15)21-10-11-24-16-12(2-1-3-13(16)21)20-8-6-18-7-9-20/h4-5,8-12,14,25H,1-3,6-7,20-22H2;1-3,14,18H,4-11H2,(H,19,22,23)/b17-10-;. The van der Waals surface area contributed by atoms with Crippen LogP contribution in [0.15, 0.2) is 66.8 Å². The number of fused-ring (bicyclic) bond motifs is 1. The number of nitrogens with two attached hydrogens (primary N) is 3. The normalized spacial score (nSPS) is 20.0. The lowest BCUT2D eigenvalue weighted by Crippen LogP contribution is -2.54. The van der Waals surface area contributed by atoms with Crippen molar-refractivity contribution in [1.29, 1.82) is 0 Å². The van der Waals surface area contributed by atoms with E-state index in [1.54, 1.807) is 30.5 Å². The van der Waals surface area contributed by atoms with E-state index in [9.17, 15) is 14.7 Å². The number of carbonyl (C=O) groups excluding carboxylic acids is 2. The number of rotatable bonds is 6. The van der Waals surface area contributed by atoms with E-state index < -0.39 is 0 Å². The number of imide groups is 1. The zero-order valence-corrected chi connectivity index (χ0v) is 27.8. The smallest absolute Gasteiger partial charge is 0.249 e. The van der Waals surface area contributed by atoms with Gasteiger partial charge in [0.25, 0.3) is 0 Å². The average Bonchev–Trinajstić information content (AvgIpc) is 3.61. The van der Waals surface area contributed by atoms with Gasteiger partial charge < -0.3 is 42.2 Å². The van der Waals surface area contributed by atoms with Crippen molar-refractivity contribution in [2.24, 2.45) is 17.2 Å². The third-order valence-corrected chi connectivity index (χ3v) is 9.59. The van der Waals surface area contributed by atoms with Crippen molar-refractivity contribution < 1.29 is 19.4 Å². The van der Waals surface area contributed by atoms with Gasteiger partial charge >= 0.3 is 0 Å². The molecule has 0 bridgehead atoms. The highest BCUT2D eigenvalue weighted by molar-refractivity contribution is 6.02. The first-order valence-electron chi connectivity index (χ1n) is 17.2. The van der Waals surface area contributed by atoms with E-state index in [0.29, 0.717) is 48.9 Å². The number of nitrogens with zero attached hydrogens (tertiary/aromatic N) is 4. The van der Waals surface area contributed by atoms with Gasteiger partial charge in [-0.15, -0.1) is 0 Å². The Bertz CT molecular complexity index is 1700. The molecule has 3 aliphatic heterocycles. The Morgan fingerprint density at radius 3 is 2.43 bits per heavy atom. The summed E-state index contributed by atoms with van der Waals surface area (Å²) in [5, 5.41) is 20.3. The van der Waals surface area contributed by atoms with E-state index in [-0.39, 0.29) is 29.4 Å². The first-order valence-corrected chi connectivity index (χ1v) is 17.2. The lowest BCUT2D eigenvalue weighted by molar-refractivity contribution is -0.134. The van der Waals surface area contributed by atoms with Crippen LogP contribution in [0.4, 0.5) is 11.4 Å².